The van der Waals surface area contributed by atoms with Gasteiger partial charge in [-0.3, -0.25) is 4.90 Å². The second-order valence-corrected chi connectivity index (χ2v) is 7.60. The average molecular weight is 369 g/mol. The molecule has 0 aromatic carbocycles. The Morgan fingerprint density at radius 2 is 2.07 bits per heavy atom. The molecule has 2 aliphatic heterocycles. The largest absolute Gasteiger partial charge is 0.462 e. The number of H-pyrrole nitrogens is 1. The van der Waals surface area contributed by atoms with Crippen molar-refractivity contribution in [2.45, 2.75) is 31.3 Å². The molecule has 8 nitrogen and oxygen atoms in total. The molecule has 0 spiro atoms. The number of hydrogen-bond donors (Lipinski definition) is 1. The number of anilines is 1. The fourth-order valence-electron chi connectivity index (χ4n) is 4.03. The Morgan fingerprint density at radius 1 is 1.22 bits per heavy atom. The third-order valence-corrected chi connectivity index (χ3v) is 5.85. The van der Waals surface area contributed by atoms with E-state index in [0.29, 0.717) is 25.1 Å². The van der Waals surface area contributed by atoms with E-state index in [2.05, 4.69) is 44.8 Å². The van der Waals surface area contributed by atoms with E-state index in [1.165, 1.54) is 6.42 Å². The molecule has 2 aliphatic rings. The van der Waals surface area contributed by atoms with Gasteiger partial charge in [0.1, 0.15) is 12.1 Å². The lowest BCUT2D eigenvalue weighted by Gasteiger charge is -2.39. The van der Waals surface area contributed by atoms with Crippen LogP contribution in [-0.4, -0.2) is 83.7 Å². The Morgan fingerprint density at radius 3 is 2.85 bits per heavy atom. The number of hydrogen-bond acceptors (Lipinski definition) is 7. The second kappa shape index (κ2) is 7.71. The lowest BCUT2D eigenvalue weighted by Crippen LogP contribution is -2.51. The third kappa shape index (κ3) is 3.70. The van der Waals surface area contributed by atoms with Crippen molar-refractivity contribution in [2.24, 2.45) is 0 Å². The number of nitriles is 1. The highest BCUT2D eigenvalue weighted by molar-refractivity contribution is 5.86. The quantitative estimate of drug-likeness (QED) is 0.854. The van der Waals surface area contributed by atoms with Gasteiger partial charge in [0.05, 0.1) is 18.0 Å². The molecular formula is C19H27N7O. The van der Waals surface area contributed by atoms with Crippen LogP contribution in [0.2, 0.25) is 0 Å². The van der Waals surface area contributed by atoms with Crippen molar-refractivity contribution >= 4 is 16.9 Å². The second-order valence-electron chi connectivity index (χ2n) is 7.60. The van der Waals surface area contributed by atoms with Crippen LogP contribution >= 0.6 is 0 Å². The first-order chi connectivity index (χ1) is 13.2. The maximum atomic E-state index is 9.12. The molecule has 0 unspecified atom stereocenters. The van der Waals surface area contributed by atoms with Gasteiger partial charge in [0, 0.05) is 37.9 Å². The summed E-state index contributed by atoms with van der Waals surface area (Å²) < 4.78 is 6.00. The maximum absolute atomic E-state index is 9.12. The van der Waals surface area contributed by atoms with Crippen molar-refractivity contribution in [3.05, 3.63) is 12.3 Å². The summed E-state index contributed by atoms with van der Waals surface area (Å²) in [5.74, 6) is 0.871. The minimum atomic E-state index is 0.209. The predicted molar refractivity (Wildman–Crippen MR) is 104 cm³/mol. The number of likely N-dealkylation sites (N-methyl/N-ethyl adjacent to an activating group) is 2. The van der Waals surface area contributed by atoms with E-state index in [0.717, 1.165) is 49.5 Å². The average Bonchev–Trinajstić information content (AvgIpc) is 3.30. The number of ether oxygens (including phenoxy) is 1. The van der Waals surface area contributed by atoms with Crippen LogP contribution in [0.15, 0.2) is 12.3 Å². The van der Waals surface area contributed by atoms with Crippen LogP contribution in [0.4, 0.5) is 5.82 Å². The lowest BCUT2D eigenvalue weighted by molar-refractivity contribution is 0.188. The first kappa shape index (κ1) is 18.0. The molecule has 8 heteroatoms. The van der Waals surface area contributed by atoms with Crippen molar-refractivity contribution in [1.82, 2.24) is 24.8 Å². The van der Waals surface area contributed by atoms with E-state index in [4.69, 9.17) is 15.0 Å². The smallest absolute Gasteiger partial charge is 0.319 e. The molecule has 2 aromatic heterocycles. The summed E-state index contributed by atoms with van der Waals surface area (Å²) >= 11 is 0. The Kier molecular flexibility index (Phi) is 5.14. The number of aromatic amines is 1. The predicted octanol–water partition coefficient (Wildman–Crippen LogP) is 1.46. The highest BCUT2D eigenvalue weighted by Crippen LogP contribution is 2.27. The SMILES string of the molecule is CN1CCC[C@H]1COc1nc(N2CCN(C)[C@@H](CC#N)C2)c2[nH]ccc2n1. The van der Waals surface area contributed by atoms with E-state index in [-0.39, 0.29) is 6.04 Å². The number of nitrogens with zero attached hydrogens (tertiary/aromatic N) is 6. The highest BCUT2D eigenvalue weighted by atomic mass is 16.5. The molecule has 144 valence electrons. The Hall–Kier alpha value is -2.37. The van der Waals surface area contributed by atoms with Crippen molar-refractivity contribution in [3.63, 3.8) is 0 Å². The van der Waals surface area contributed by atoms with E-state index in [1.54, 1.807) is 0 Å². The zero-order valence-electron chi connectivity index (χ0n) is 16.1. The molecule has 1 N–H and O–H groups in total. The molecule has 2 aromatic rings. The van der Waals surface area contributed by atoms with E-state index >= 15 is 0 Å². The summed E-state index contributed by atoms with van der Waals surface area (Å²) in [4.78, 5) is 19.4. The van der Waals surface area contributed by atoms with Crippen LogP contribution in [-0.2, 0) is 0 Å². The van der Waals surface area contributed by atoms with Gasteiger partial charge in [0.2, 0.25) is 0 Å². The zero-order chi connectivity index (χ0) is 18.8. The van der Waals surface area contributed by atoms with E-state index in [1.807, 2.05) is 12.3 Å². The molecule has 2 atom stereocenters. The molecule has 0 radical (unpaired) electrons. The molecule has 4 rings (SSSR count). The summed E-state index contributed by atoms with van der Waals surface area (Å²) in [7, 11) is 4.22. The molecule has 0 saturated carbocycles. The Balaban J connectivity index is 1.56. The molecule has 0 bridgehead atoms. The number of fused-ring (bicyclic) bond motifs is 1. The number of rotatable bonds is 5. The van der Waals surface area contributed by atoms with Crippen LogP contribution in [0, 0.1) is 11.3 Å². The summed E-state index contributed by atoms with van der Waals surface area (Å²) in [5.41, 5.74) is 1.80. The minimum absolute atomic E-state index is 0.209. The number of piperazine rings is 1. The van der Waals surface area contributed by atoms with Gasteiger partial charge in [-0.1, -0.05) is 0 Å². The van der Waals surface area contributed by atoms with E-state index < -0.39 is 0 Å². The topological polar surface area (TPSA) is 84.3 Å². The van der Waals surface area contributed by atoms with Crippen LogP contribution in [0.3, 0.4) is 0 Å². The van der Waals surface area contributed by atoms with Gasteiger partial charge >= 0.3 is 6.01 Å². The highest BCUT2D eigenvalue weighted by Gasteiger charge is 2.27. The first-order valence-electron chi connectivity index (χ1n) is 9.66. The van der Waals surface area contributed by atoms with Gasteiger partial charge in [-0.2, -0.15) is 15.2 Å². The summed E-state index contributed by atoms with van der Waals surface area (Å²) in [5, 5.41) is 9.12. The van der Waals surface area contributed by atoms with Crippen LogP contribution in [0.25, 0.3) is 11.0 Å². The Bertz CT molecular complexity index is 829. The van der Waals surface area contributed by atoms with Gasteiger partial charge in [-0.25, -0.2) is 0 Å². The Labute approximate surface area is 159 Å². The van der Waals surface area contributed by atoms with Crippen LogP contribution < -0.4 is 9.64 Å². The van der Waals surface area contributed by atoms with Crippen LogP contribution in [0.5, 0.6) is 6.01 Å². The van der Waals surface area contributed by atoms with E-state index in [9.17, 15) is 0 Å². The molecule has 0 aliphatic carbocycles. The number of nitrogens with one attached hydrogen (secondary N) is 1. The van der Waals surface area contributed by atoms with Crippen molar-refractivity contribution in [1.29, 1.82) is 5.26 Å². The van der Waals surface area contributed by atoms with Crippen molar-refractivity contribution in [3.8, 4) is 12.1 Å². The number of aromatic nitrogens is 3. The summed E-state index contributed by atoms with van der Waals surface area (Å²) in [6.07, 6.45) is 4.78. The zero-order valence-corrected chi connectivity index (χ0v) is 16.1. The fraction of sp³-hybridized carbons (Fsp3) is 0.632. The first-order valence-corrected chi connectivity index (χ1v) is 9.66. The standard InChI is InChI=1S/C19H27N7O/c1-24-9-3-4-15(24)13-27-19-22-16-6-8-21-17(16)18(23-19)26-11-10-25(2)14(12-26)5-7-20/h6,8,14-15,21H,3-5,9-13H2,1-2H3/t14-,15-/m0/s1. The molecule has 2 fully saturated rings. The normalized spacial score (nSPS) is 24.4. The molecular weight excluding hydrogens is 342 g/mol. The minimum Gasteiger partial charge on any atom is -0.462 e. The third-order valence-electron chi connectivity index (χ3n) is 5.85. The molecule has 4 heterocycles. The van der Waals surface area contributed by atoms with Crippen molar-refractivity contribution in [2.75, 3.05) is 51.8 Å². The van der Waals surface area contributed by atoms with Gasteiger partial charge < -0.3 is 19.5 Å². The molecule has 27 heavy (non-hydrogen) atoms. The van der Waals surface area contributed by atoms with Crippen molar-refractivity contribution < 1.29 is 4.74 Å². The monoisotopic (exact) mass is 369 g/mol. The maximum Gasteiger partial charge on any atom is 0.319 e. The molecule has 0 amide bonds. The molecule has 2 saturated heterocycles. The van der Waals surface area contributed by atoms with Crippen LogP contribution in [0.1, 0.15) is 19.3 Å². The fourth-order valence-corrected chi connectivity index (χ4v) is 4.03. The van der Waals surface area contributed by atoms with Gasteiger partial charge in [-0.05, 0) is 39.5 Å². The summed E-state index contributed by atoms with van der Waals surface area (Å²) in [6, 6.07) is 5.34. The lowest BCUT2D eigenvalue weighted by atomic mass is 10.1. The number of likely N-dealkylation sites (tertiary alicyclic amines) is 1. The summed E-state index contributed by atoms with van der Waals surface area (Å²) in [6.45, 7) is 4.29. The van der Waals surface area contributed by atoms with Gasteiger partial charge in [0.25, 0.3) is 0 Å². The van der Waals surface area contributed by atoms with Gasteiger partial charge in [-0.15, -0.1) is 0 Å². The van der Waals surface area contributed by atoms with Gasteiger partial charge in [0.15, 0.2) is 5.82 Å².